The van der Waals surface area contributed by atoms with E-state index in [4.69, 9.17) is 24.5 Å². The Kier molecular flexibility index (Phi) is 9.17. The van der Waals surface area contributed by atoms with E-state index in [1.807, 2.05) is 41.1 Å². The summed E-state index contributed by atoms with van der Waals surface area (Å²) in [6.45, 7) is 2.87. The van der Waals surface area contributed by atoms with E-state index in [2.05, 4.69) is 38.3 Å². The van der Waals surface area contributed by atoms with E-state index in [9.17, 15) is 0 Å². The summed E-state index contributed by atoms with van der Waals surface area (Å²) in [5, 5.41) is 23.6. The molecule has 1 fully saturated rings. The highest BCUT2D eigenvalue weighted by Gasteiger charge is 2.23. The number of halogens is 1. The number of benzene rings is 2. The van der Waals surface area contributed by atoms with Gasteiger partial charge in [-0.3, -0.25) is 4.57 Å². The number of piperidine rings is 1. The molecule has 1 aliphatic heterocycles. The number of fused-ring (bicyclic) bond motifs is 1. The number of alkyl halides is 1. The summed E-state index contributed by atoms with van der Waals surface area (Å²) >= 11 is 0. The van der Waals surface area contributed by atoms with Crippen molar-refractivity contribution in [3.63, 3.8) is 0 Å². The van der Waals surface area contributed by atoms with Gasteiger partial charge in [-0.15, -0.1) is 10.2 Å². The first-order chi connectivity index (χ1) is 18.4. The molecule has 1 saturated heterocycles. The number of nitrogens with one attached hydrogen (secondary N) is 1. The molecule has 2 aromatic carbocycles. The van der Waals surface area contributed by atoms with E-state index in [0.29, 0.717) is 19.6 Å². The summed E-state index contributed by atoms with van der Waals surface area (Å²) < 4.78 is 22.9. The maximum absolute atomic E-state index is 15.0. The molecule has 4 aromatic rings. The first kappa shape index (κ1) is 27.0. The van der Waals surface area contributed by atoms with Crippen LogP contribution in [0.25, 0.3) is 16.6 Å². The molecule has 0 amide bonds. The van der Waals surface area contributed by atoms with E-state index in [0.717, 1.165) is 48.1 Å². The van der Waals surface area contributed by atoms with Gasteiger partial charge in [0.15, 0.2) is 0 Å². The summed E-state index contributed by atoms with van der Waals surface area (Å²) in [5.74, 6) is -3.65. The van der Waals surface area contributed by atoms with Crippen LogP contribution in [0.4, 0.5) is 4.39 Å². The predicted octanol–water partition coefficient (Wildman–Crippen LogP) is 3.47. The molecule has 0 bridgehead atoms. The zero-order valence-corrected chi connectivity index (χ0v) is 20.7. The number of likely N-dealkylation sites (tertiary alicyclic amines) is 1. The first-order valence-corrected chi connectivity index (χ1v) is 12.3. The van der Waals surface area contributed by atoms with E-state index in [-0.39, 0.29) is 6.10 Å². The van der Waals surface area contributed by atoms with Crippen molar-refractivity contribution in [2.24, 2.45) is 0 Å². The smallest absolute Gasteiger partial charge is 0.414 e. The van der Waals surface area contributed by atoms with Crippen LogP contribution in [-0.2, 0) is 27.4 Å². The van der Waals surface area contributed by atoms with Crippen molar-refractivity contribution < 1.29 is 28.9 Å². The first-order valence-electron chi connectivity index (χ1n) is 12.3. The molecule has 0 saturated carbocycles. The minimum atomic E-state index is -1.82. The number of carbonyl (C=O) groups is 2. The Morgan fingerprint density at radius 3 is 2.39 bits per heavy atom. The normalized spacial score (nSPS) is 15.1. The molecular weight excluding hydrogens is 493 g/mol. The molecule has 1 aliphatic rings. The number of H-pyrrole nitrogens is 1. The third kappa shape index (κ3) is 7.46. The second-order valence-corrected chi connectivity index (χ2v) is 9.12. The Labute approximate surface area is 218 Å². The summed E-state index contributed by atoms with van der Waals surface area (Å²) in [6.07, 6.45) is 6.91. The highest BCUT2D eigenvalue weighted by molar-refractivity contribution is 6.27. The van der Waals surface area contributed by atoms with Gasteiger partial charge in [-0.2, -0.15) is 0 Å². The summed E-state index contributed by atoms with van der Waals surface area (Å²) in [5.41, 5.74) is 4.19. The van der Waals surface area contributed by atoms with E-state index in [1.54, 1.807) is 12.7 Å². The van der Waals surface area contributed by atoms with Crippen LogP contribution in [0.1, 0.15) is 24.0 Å². The third-order valence-electron chi connectivity index (χ3n) is 6.41. The molecule has 0 aliphatic carbocycles. The minimum Gasteiger partial charge on any atom is -0.473 e. The van der Waals surface area contributed by atoms with Crippen molar-refractivity contribution in [3.8, 4) is 5.69 Å². The van der Waals surface area contributed by atoms with Gasteiger partial charge in [0, 0.05) is 48.8 Å². The van der Waals surface area contributed by atoms with Crippen LogP contribution < -0.4 is 0 Å². The maximum Gasteiger partial charge on any atom is 0.414 e. The average Bonchev–Trinajstić information content (AvgIpc) is 3.60. The van der Waals surface area contributed by atoms with Crippen LogP contribution >= 0.6 is 0 Å². The highest BCUT2D eigenvalue weighted by atomic mass is 19.1. The van der Waals surface area contributed by atoms with Gasteiger partial charge in [0.25, 0.3) is 0 Å². The molecular formula is C27H30FN5O5. The van der Waals surface area contributed by atoms with Crippen molar-refractivity contribution in [2.45, 2.75) is 38.1 Å². The SMILES string of the molecule is FC(Cc1c[nH]c2ccc(-n3cnnc3)cc12)CN1CCC(OCc2ccccc2)CC1.O=C(O)C(=O)O. The zero-order valence-electron chi connectivity index (χ0n) is 20.7. The monoisotopic (exact) mass is 523 g/mol. The lowest BCUT2D eigenvalue weighted by Gasteiger charge is -2.32. The number of rotatable bonds is 8. The number of aromatic nitrogens is 4. The Balaban J connectivity index is 0.000000505. The molecule has 0 radical (unpaired) electrons. The number of aliphatic carboxylic acids is 2. The van der Waals surface area contributed by atoms with Crippen molar-refractivity contribution in [3.05, 3.63) is 78.5 Å². The van der Waals surface area contributed by atoms with E-state index < -0.39 is 18.1 Å². The van der Waals surface area contributed by atoms with E-state index in [1.165, 1.54) is 5.56 Å². The predicted molar refractivity (Wildman–Crippen MR) is 138 cm³/mol. The maximum atomic E-state index is 15.0. The summed E-state index contributed by atoms with van der Waals surface area (Å²) in [4.78, 5) is 23.7. The van der Waals surface area contributed by atoms with Crippen molar-refractivity contribution in [1.82, 2.24) is 24.6 Å². The van der Waals surface area contributed by atoms with Crippen molar-refractivity contribution >= 4 is 22.8 Å². The van der Waals surface area contributed by atoms with Gasteiger partial charge in [0.05, 0.1) is 12.7 Å². The van der Waals surface area contributed by atoms with Crippen LogP contribution in [-0.4, -0.2) is 78.7 Å². The topological polar surface area (TPSA) is 134 Å². The van der Waals surface area contributed by atoms with Gasteiger partial charge in [-0.05, 0) is 42.2 Å². The molecule has 0 spiro atoms. The number of aromatic amines is 1. The number of ether oxygens (including phenoxy) is 1. The lowest BCUT2D eigenvalue weighted by atomic mass is 10.0. The Hall–Kier alpha value is -4.09. The van der Waals surface area contributed by atoms with Gasteiger partial charge >= 0.3 is 11.9 Å². The number of carboxylic acids is 2. The number of hydrogen-bond donors (Lipinski definition) is 3. The number of carboxylic acid groups (broad SMARTS) is 2. The number of nitrogens with zero attached hydrogens (tertiary/aromatic N) is 4. The Morgan fingerprint density at radius 2 is 1.74 bits per heavy atom. The minimum absolute atomic E-state index is 0.259. The van der Waals surface area contributed by atoms with Crippen LogP contribution in [0, 0.1) is 0 Å². The quantitative estimate of drug-likeness (QED) is 0.299. The molecule has 200 valence electrons. The largest absolute Gasteiger partial charge is 0.473 e. The van der Waals surface area contributed by atoms with Crippen molar-refractivity contribution in [2.75, 3.05) is 19.6 Å². The molecule has 1 unspecified atom stereocenters. The number of hydrogen-bond acceptors (Lipinski definition) is 6. The molecule has 10 nitrogen and oxygen atoms in total. The fraction of sp³-hybridized carbons (Fsp3) is 0.333. The van der Waals surface area contributed by atoms with Crippen molar-refractivity contribution in [1.29, 1.82) is 0 Å². The lowest BCUT2D eigenvalue weighted by molar-refractivity contribution is -0.159. The third-order valence-corrected chi connectivity index (χ3v) is 6.41. The van der Waals surface area contributed by atoms with Crippen LogP contribution in [0.2, 0.25) is 0 Å². The highest BCUT2D eigenvalue weighted by Crippen LogP contribution is 2.24. The average molecular weight is 524 g/mol. The molecule has 1 atom stereocenters. The second kappa shape index (κ2) is 12.9. The van der Waals surface area contributed by atoms with Gasteiger partial charge < -0.3 is 24.8 Å². The van der Waals surface area contributed by atoms with Crippen LogP contribution in [0.5, 0.6) is 0 Å². The van der Waals surface area contributed by atoms with Gasteiger partial charge in [0.1, 0.15) is 18.8 Å². The lowest BCUT2D eigenvalue weighted by Crippen LogP contribution is -2.40. The molecule has 3 N–H and O–H groups in total. The Morgan fingerprint density at radius 1 is 1.05 bits per heavy atom. The molecule has 11 heteroatoms. The molecule has 38 heavy (non-hydrogen) atoms. The standard InChI is InChI=1S/C25H28FN5O.C2H2O4/c26-21(15-30-10-8-23(9-11-30)32-16-19-4-2-1-3-5-19)12-20-14-27-25-7-6-22(13-24(20)25)31-17-28-29-18-31;3-1(4)2(5)6/h1-7,13-14,17-18,21,23,27H,8-12,15-16H2;(H,3,4)(H,5,6). The fourth-order valence-electron chi connectivity index (χ4n) is 4.46. The van der Waals surface area contributed by atoms with Gasteiger partial charge in [-0.1, -0.05) is 30.3 Å². The van der Waals surface area contributed by atoms with Crippen LogP contribution in [0.3, 0.4) is 0 Å². The van der Waals surface area contributed by atoms with E-state index >= 15 is 4.39 Å². The summed E-state index contributed by atoms with van der Waals surface area (Å²) in [6, 6.07) is 16.3. The van der Waals surface area contributed by atoms with Gasteiger partial charge in [0.2, 0.25) is 0 Å². The molecule has 5 rings (SSSR count). The van der Waals surface area contributed by atoms with Crippen LogP contribution in [0.15, 0.2) is 67.4 Å². The van der Waals surface area contributed by atoms with Gasteiger partial charge in [-0.25, -0.2) is 14.0 Å². The Bertz CT molecular complexity index is 1310. The molecule has 3 heterocycles. The molecule has 2 aromatic heterocycles. The fourth-order valence-corrected chi connectivity index (χ4v) is 4.46. The summed E-state index contributed by atoms with van der Waals surface area (Å²) in [7, 11) is 0. The second-order valence-electron chi connectivity index (χ2n) is 9.12. The zero-order chi connectivity index (χ0) is 26.9.